The number of nitrogens with two attached hydrogens (primary N) is 1. The lowest BCUT2D eigenvalue weighted by atomic mass is 10.1. The number of nitrogens with zero attached hydrogens (tertiary/aromatic N) is 2. The summed E-state index contributed by atoms with van der Waals surface area (Å²) in [6.07, 6.45) is 0. The van der Waals surface area contributed by atoms with Gasteiger partial charge in [-0.25, -0.2) is 0 Å². The minimum Gasteiger partial charge on any atom is -0.383 e. The van der Waals surface area contributed by atoms with Gasteiger partial charge in [0.15, 0.2) is 0 Å². The van der Waals surface area contributed by atoms with Crippen molar-refractivity contribution in [2.24, 2.45) is 10.7 Å². The molecular formula is C22H23N5O2S. The Balaban J connectivity index is 1.56. The number of aryl methyl sites for hydroxylation is 2. The van der Waals surface area contributed by atoms with Crippen molar-refractivity contribution in [3.63, 3.8) is 0 Å². The highest BCUT2D eigenvalue weighted by Gasteiger charge is 2.26. The van der Waals surface area contributed by atoms with Crippen molar-refractivity contribution in [2.75, 3.05) is 12.4 Å². The lowest BCUT2D eigenvalue weighted by Gasteiger charge is -2.18. The van der Waals surface area contributed by atoms with Crippen molar-refractivity contribution in [2.45, 2.75) is 26.9 Å². The Morgan fingerprint density at radius 3 is 2.70 bits per heavy atom. The van der Waals surface area contributed by atoms with Gasteiger partial charge in [-0.1, -0.05) is 18.2 Å². The zero-order valence-corrected chi connectivity index (χ0v) is 17.9. The Kier molecular flexibility index (Phi) is 5.17. The predicted molar refractivity (Wildman–Crippen MR) is 121 cm³/mol. The molecule has 1 aliphatic rings. The van der Waals surface area contributed by atoms with Crippen molar-refractivity contribution < 1.29 is 4.79 Å². The van der Waals surface area contributed by atoms with Crippen LogP contribution in [0.25, 0.3) is 0 Å². The number of nitrogens with one attached hydrogen (secondary N) is 2. The average Bonchev–Trinajstić information content (AvgIpc) is 3.32. The van der Waals surface area contributed by atoms with Crippen LogP contribution in [0.15, 0.2) is 46.2 Å². The summed E-state index contributed by atoms with van der Waals surface area (Å²) in [7, 11) is 1.54. The number of aromatic amines is 1. The van der Waals surface area contributed by atoms with Crippen molar-refractivity contribution in [3.8, 4) is 0 Å². The van der Waals surface area contributed by atoms with Crippen molar-refractivity contribution >= 4 is 34.0 Å². The van der Waals surface area contributed by atoms with E-state index < -0.39 is 0 Å². The SMILES string of the molecule is CN=C(N)c1c(Nc2ccc(C(=O)N3Cc4cccc(C)c4C3)c(C)c2)s[nH]c1=O. The largest absolute Gasteiger partial charge is 0.383 e. The number of aromatic nitrogens is 1. The van der Waals surface area contributed by atoms with Gasteiger partial charge in [0.05, 0.1) is 0 Å². The molecule has 2 aromatic carbocycles. The molecule has 154 valence electrons. The number of amidine groups is 1. The van der Waals surface area contributed by atoms with Crippen molar-refractivity contribution in [1.82, 2.24) is 9.27 Å². The van der Waals surface area contributed by atoms with Crippen LogP contribution in [0.1, 0.15) is 38.2 Å². The number of amides is 1. The van der Waals surface area contributed by atoms with Crippen LogP contribution in [-0.2, 0) is 13.1 Å². The molecule has 0 fully saturated rings. The van der Waals surface area contributed by atoms with Crippen LogP contribution in [0.5, 0.6) is 0 Å². The fourth-order valence-corrected chi connectivity index (χ4v) is 4.52. The Bertz CT molecular complexity index is 1220. The maximum Gasteiger partial charge on any atom is 0.271 e. The highest BCUT2D eigenvalue weighted by molar-refractivity contribution is 7.10. The van der Waals surface area contributed by atoms with Gasteiger partial charge in [-0.05, 0) is 65.8 Å². The summed E-state index contributed by atoms with van der Waals surface area (Å²) in [5.41, 5.74) is 11.9. The molecule has 0 atom stereocenters. The number of hydrogen-bond acceptors (Lipinski definition) is 5. The van der Waals surface area contributed by atoms with Gasteiger partial charge in [-0.2, -0.15) is 0 Å². The number of carbonyl (C=O) groups is 1. The van der Waals surface area contributed by atoms with E-state index >= 15 is 0 Å². The zero-order chi connectivity index (χ0) is 21.4. The Labute approximate surface area is 178 Å². The first kappa shape index (κ1) is 19.9. The summed E-state index contributed by atoms with van der Waals surface area (Å²) in [6, 6.07) is 11.8. The summed E-state index contributed by atoms with van der Waals surface area (Å²) >= 11 is 1.16. The predicted octanol–water partition coefficient (Wildman–Crippen LogP) is 3.29. The molecule has 8 heteroatoms. The highest BCUT2D eigenvalue weighted by Crippen LogP contribution is 2.29. The normalized spacial score (nSPS) is 13.4. The average molecular weight is 422 g/mol. The number of rotatable bonds is 4. The summed E-state index contributed by atoms with van der Waals surface area (Å²) in [6.45, 7) is 5.26. The molecule has 0 radical (unpaired) electrons. The number of anilines is 2. The third kappa shape index (κ3) is 3.50. The highest BCUT2D eigenvalue weighted by atomic mass is 32.1. The molecular weight excluding hydrogens is 398 g/mol. The number of fused-ring (bicyclic) bond motifs is 1. The van der Waals surface area contributed by atoms with Gasteiger partial charge in [-0.3, -0.25) is 19.0 Å². The molecule has 2 heterocycles. The second kappa shape index (κ2) is 7.79. The van der Waals surface area contributed by atoms with Crippen LogP contribution >= 0.6 is 11.5 Å². The third-order valence-corrected chi connectivity index (χ3v) is 6.21. The minimum atomic E-state index is -0.280. The molecule has 0 unspecified atom stereocenters. The molecule has 0 saturated heterocycles. The molecule has 0 spiro atoms. The smallest absolute Gasteiger partial charge is 0.271 e. The van der Waals surface area contributed by atoms with Gasteiger partial charge < -0.3 is 16.0 Å². The number of aliphatic imine (C=N–C) groups is 1. The zero-order valence-electron chi connectivity index (χ0n) is 17.1. The minimum absolute atomic E-state index is 0.0176. The van der Waals surface area contributed by atoms with Gasteiger partial charge in [0.2, 0.25) is 0 Å². The fourth-order valence-electron chi connectivity index (χ4n) is 3.75. The Hall–Kier alpha value is -3.39. The molecule has 30 heavy (non-hydrogen) atoms. The summed E-state index contributed by atoms with van der Waals surface area (Å²) in [4.78, 5) is 30.9. The summed E-state index contributed by atoms with van der Waals surface area (Å²) in [5, 5.41) is 3.80. The van der Waals surface area contributed by atoms with Crippen molar-refractivity contribution in [3.05, 3.63) is 80.1 Å². The van der Waals surface area contributed by atoms with Crippen LogP contribution in [0.3, 0.4) is 0 Å². The fraction of sp³-hybridized carbons (Fsp3) is 0.227. The van der Waals surface area contributed by atoms with Crippen LogP contribution in [0.2, 0.25) is 0 Å². The van der Waals surface area contributed by atoms with E-state index in [2.05, 4.69) is 33.7 Å². The molecule has 0 bridgehead atoms. The van der Waals surface area contributed by atoms with E-state index in [0.717, 1.165) is 22.8 Å². The number of hydrogen-bond donors (Lipinski definition) is 3. The molecule has 1 amide bonds. The van der Waals surface area contributed by atoms with Gasteiger partial charge in [0.25, 0.3) is 11.5 Å². The van der Waals surface area contributed by atoms with Crippen LogP contribution in [-0.4, -0.2) is 28.1 Å². The van der Waals surface area contributed by atoms with Crippen LogP contribution < -0.4 is 16.6 Å². The van der Waals surface area contributed by atoms with E-state index in [1.54, 1.807) is 7.05 Å². The van der Waals surface area contributed by atoms with Crippen LogP contribution in [0.4, 0.5) is 10.7 Å². The van der Waals surface area contributed by atoms with Crippen LogP contribution in [0, 0.1) is 13.8 Å². The first-order chi connectivity index (χ1) is 14.4. The Morgan fingerprint density at radius 1 is 1.20 bits per heavy atom. The molecule has 4 rings (SSSR count). The third-order valence-electron chi connectivity index (χ3n) is 5.42. The first-order valence-electron chi connectivity index (χ1n) is 9.57. The number of benzene rings is 2. The van der Waals surface area contributed by atoms with E-state index in [4.69, 9.17) is 5.73 Å². The van der Waals surface area contributed by atoms with Gasteiger partial charge in [0.1, 0.15) is 16.4 Å². The second-order valence-electron chi connectivity index (χ2n) is 7.37. The maximum atomic E-state index is 13.1. The molecule has 0 saturated carbocycles. The number of carbonyl (C=O) groups excluding carboxylic acids is 1. The van der Waals surface area contributed by atoms with Gasteiger partial charge in [-0.15, -0.1) is 0 Å². The topological polar surface area (TPSA) is 104 Å². The molecule has 1 aliphatic heterocycles. The van der Waals surface area contributed by atoms with Gasteiger partial charge >= 0.3 is 0 Å². The first-order valence-corrected chi connectivity index (χ1v) is 10.4. The lowest BCUT2D eigenvalue weighted by Crippen LogP contribution is -2.26. The van der Waals surface area contributed by atoms with E-state index in [0.29, 0.717) is 29.2 Å². The lowest BCUT2D eigenvalue weighted by molar-refractivity contribution is 0.0750. The van der Waals surface area contributed by atoms with E-state index in [-0.39, 0.29) is 17.3 Å². The van der Waals surface area contributed by atoms with Crippen molar-refractivity contribution in [1.29, 1.82) is 0 Å². The molecule has 7 nitrogen and oxygen atoms in total. The second-order valence-corrected chi connectivity index (χ2v) is 8.19. The monoisotopic (exact) mass is 421 g/mol. The molecule has 4 N–H and O–H groups in total. The van der Waals surface area contributed by atoms with Gasteiger partial charge in [0, 0.05) is 31.4 Å². The van der Waals surface area contributed by atoms with E-state index in [1.165, 1.54) is 16.7 Å². The molecule has 3 aromatic rings. The maximum absolute atomic E-state index is 13.1. The molecule has 0 aliphatic carbocycles. The number of H-pyrrole nitrogens is 1. The van der Waals surface area contributed by atoms with E-state index in [1.807, 2.05) is 36.1 Å². The Morgan fingerprint density at radius 2 is 2.00 bits per heavy atom. The standard InChI is InChI=1S/C22H23N5O2S/c1-12-5-4-6-14-10-27(11-17(12)14)22(29)16-8-7-15(9-13(16)2)25-21-18(19(23)24-3)20(28)26-30-21/h4-9,25H,10-11H2,1-3H3,(H2,23,24)(H,26,28). The quantitative estimate of drug-likeness (QED) is 0.444. The molecule has 1 aromatic heterocycles. The van der Waals surface area contributed by atoms with E-state index in [9.17, 15) is 9.59 Å². The summed E-state index contributed by atoms with van der Waals surface area (Å²) in [5.74, 6) is 0.191. The summed E-state index contributed by atoms with van der Waals surface area (Å²) < 4.78 is 2.67.